The summed E-state index contributed by atoms with van der Waals surface area (Å²) in [5.74, 6) is -0.537. The van der Waals surface area contributed by atoms with Crippen molar-refractivity contribution in [2.45, 2.75) is 6.92 Å². The number of benzene rings is 3. The lowest BCUT2D eigenvalue weighted by Crippen LogP contribution is -2.50. The molecular formula is C29H32F2N6O2. The van der Waals surface area contributed by atoms with Crippen molar-refractivity contribution in [1.29, 1.82) is 0 Å². The van der Waals surface area contributed by atoms with Crippen molar-refractivity contribution in [1.82, 2.24) is 9.80 Å². The molecule has 8 nitrogen and oxygen atoms in total. The number of carbonyl (C=O) groups excluding carboxylic acids is 2. The van der Waals surface area contributed by atoms with Crippen LogP contribution in [0.25, 0.3) is 0 Å². The number of hydrogen-bond acceptors (Lipinski definition) is 4. The first-order valence-corrected chi connectivity index (χ1v) is 13.1. The van der Waals surface area contributed by atoms with Crippen LogP contribution in [0.1, 0.15) is 5.56 Å². The van der Waals surface area contributed by atoms with E-state index in [1.54, 1.807) is 40.1 Å². The molecule has 0 aromatic heterocycles. The molecule has 2 heterocycles. The minimum atomic E-state index is -0.269. The number of anilines is 4. The molecule has 0 atom stereocenters. The van der Waals surface area contributed by atoms with Gasteiger partial charge in [-0.25, -0.2) is 18.4 Å². The third-order valence-corrected chi connectivity index (χ3v) is 7.25. The van der Waals surface area contributed by atoms with Crippen LogP contribution in [0.15, 0.2) is 66.7 Å². The number of amides is 4. The first kappa shape index (κ1) is 26.3. The number of carbonyl (C=O) groups is 2. The summed E-state index contributed by atoms with van der Waals surface area (Å²) in [4.78, 5) is 33.7. The number of rotatable bonds is 4. The molecular weight excluding hydrogens is 502 g/mol. The second kappa shape index (κ2) is 11.6. The maximum atomic E-state index is 13.2. The summed E-state index contributed by atoms with van der Waals surface area (Å²) >= 11 is 0. The molecule has 4 amide bonds. The van der Waals surface area contributed by atoms with Crippen LogP contribution in [0.2, 0.25) is 0 Å². The summed E-state index contributed by atoms with van der Waals surface area (Å²) in [6.07, 6.45) is 0. The van der Waals surface area contributed by atoms with Crippen LogP contribution in [0.3, 0.4) is 0 Å². The van der Waals surface area contributed by atoms with Crippen molar-refractivity contribution in [3.8, 4) is 0 Å². The van der Waals surface area contributed by atoms with Gasteiger partial charge in [-0.15, -0.1) is 0 Å². The van der Waals surface area contributed by atoms with Crippen LogP contribution in [-0.2, 0) is 0 Å². The molecule has 10 heteroatoms. The van der Waals surface area contributed by atoms with E-state index in [2.05, 4.69) is 20.4 Å². The van der Waals surface area contributed by atoms with E-state index in [0.29, 0.717) is 63.7 Å². The molecule has 0 radical (unpaired) electrons. The molecule has 0 bridgehead atoms. The lowest BCUT2D eigenvalue weighted by molar-refractivity contribution is 0.207. The van der Waals surface area contributed by atoms with Crippen LogP contribution in [-0.4, -0.2) is 74.2 Å². The Kier molecular flexibility index (Phi) is 7.81. The van der Waals surface area contributed by atoms with Gasteiger partial charge in [0.1, 0.15) is 11.6 Å². The van der Waals surface area contributed by atoms with Crippen LogP contribution < -0.4 is 20.4 Å². The van der Waals surface area contributed by atoms with Gasteiger partial charge in [-0.3, -0.25) is 0 Å². The van der Waals surface area contributed by atoms with E-state index in [4.69, 9.17) is 0 Å². The Bertz CT molecular complexity index is 1300. The lowest BCUT2D eigenvalue weighted by Gasteiger charge is -2.36. The summed E-state index contributed by atoms with van der Waals surface area (Å²) < 4.78 is 26.4. The Morgan fingerprint density at radius 1 is 0.615 bits per heavy atom. The van der Waals surface area contributed by atoms with Gasteiger partial charge in [-0.1, -0.05) is 6.07 Å². The van der Waals surface area contributed by atoms with E-state index < -0.39 is 0 Å². The van der Waals surface area contributed by atoms with Crippen molar-refractivity contribution in [2.24, 2.45) is 0 Å². The molecule has 0 unspecified atom stereocenters. The molecule has 0 spiro atoms. The van der Waals surface area contributed by atoms with Gasteiger partial charge in [0.15, 0.2) is 0 Å². The predicted molar refractivity (Wildman–Crippen MR) is 150 cm³/mol. The summed E-state index contributed by atoms with van der Waals surface area (Å²) in [7, 11) is 0. The second-order valence-corrected chi connectivity index (χ2v) is 9.79. The summed E-state index contributed by atoms with van der Waals surface area (Å²) in [6, 6.07) is 17.8. The molecule has 3 aromatic rings. The van der Waals surface area contributed by atoms with Gasteiger partial charge in [0.25, 0.3) is 0 Å². The number of urea groups is 2. The monoisotopic (exact) mass is 534 g/mol. The zero-order valence-corrected chi connectivity index (χ0v) is 21.9. The number of nitrogens with one attached hydrogen (secondary N) is 2. The Balaban J connectivity index is 1.13. The highest BCUT2D eigenvalue weighted by Gasteiger charge is 2.23. The summed E-state index contributed by atoms with van der Waals surface area (Å²) in [5.41, 5.74) is 4.00. The molecule has 2 fully saturated rings. The van der Waals surface area contributed by atoms with E-state index in [1.807, 2.05) is 19.1 Å². The number of aryl methyl sites for hydroxylation is 1. The fraction of sp³-hybridized carbons (Fsp3) is 0.310. The second-order valence-electron chi connectivity index (χ2n) is 9.79. The molecule has 2 saturated heterocycles. The van der Waals surface area contributed by atoms with Crippen molar-refractivity contribution in [3.05, 3.63) is 83.9 Å². The van der Waals surface area contributed by atoms with E-state index in [-0.39, 0.29) is 23.7 Å². The third kappa shape index (κ3) is 6.39. The Morgan fingerprint density at radius 2 is 1.05 bits per heavy atom. The smallest absolute Gasteiger partial charge is 0.321 e. The zero-order chi connectivity index (χ0) is 27.4. The zero-order valence-electron chi connectivity index (χ0n) is 21.9. The van der Waals surface area contributed by atoms with Crippen molar-refractivity contribution in [2.75, 3.05) is 72.8 Å². The number of piperazine rings is 2. The van der Waals surface area contributed by atoms with E-state index in [0.717, 1.165) is 16.9 Å². The van der Waals surface area contributed by atoms with Crippen LogP contribution in [0, 0.1) is 18.6 Å². The minimum absolute atomic E-state index is 0.197. The van der Waals surface area contributed by atoms with Gasteiger partial charge in [0.05, 0.1) is 0 Å². The maximum absolute atomic E-state index is 13.2. The fourth-order valence-corrected chi connectivity index (χ4v) is 4.87. The van der Waals surface area contributed by atoms with Gasteiger partial charge in [-0.05, 0) is 73.2 Å². The van der Waals surface area contributed by atoms with Crippen LogP contribution in [0.4, 0.5) is 41.1 Å². The first-order valence-electron chi connectivity index (χ1n) is 13.1. The Labute approximate surface area is 226 Å². The highest BCUT2D eigenvalue weighted by Crippen LogP contribution is 2.23. The van der Waals surface area contributed by atoms with Crippen molar-refractivity contribution < 1.29 is 18.4 Å². The average molecular weight is 535 g/mol. The first-order chi connectivity index (χ1) is 18.9. The van der Waals surface area contributed by atoms with E-state index >= 15 is 0 Å². The van der Waals surface area contributed by atoms with Gasteiger partial charge >= 0.3 is 12.1 Å². The molecule has 204 valence electrons. The fourth-order valence-electron chi connectivity index (χ4n) is 4.87. The van der Waals surface area contributed by atoms with E-state index in [9.17, 15) is 18.4 Å². The van der Waals surface area contributed by atoms with Crippen molar-refractivity contribution >= 4 is 34.8 Å². The maximum Gasteiger partial charge on any atom is 0.321 e. The summed E-state index contributed by atoms with van der Waals surface area (Å²) in [6.45, 7) is 6.70. The molecule has 2 aliphatic heterocycles. The predicted octanol–water partition coefficient (Wildman–Crippen LogP) is 4.98. The Morgan fingerprint density at radius 3 is 1.51 bits per heavy atom. The molecule has 2 N–H and O–H groups in total. The number of nitrogens with zero attached hydrogens (tertiary/aromatic N) is 4. The molecule has 39 heavy (non-hydrogen) atoms. The molecule has 5 rings (SSSR count). The largest absolute Gasteiger partial charge is 0.368 e. The number of hydrogen-bond donors (Lipinski definition) is 2. The molecule has 0 aliphatic carbocycles. The highest BCUT2D eigenvalue weighted by molar-refractivity contribution is 5.93. The average Bonchev–Trinajstić information content (AvgIpc) is 2.96. The van der Waals surface area contributed by atoms with Gasteiger partial charge < -0.3 is 30.2 Å². The van der Waals surface area contributed by atoms with Gasteiger partial charge in [-0.2, -0.15) is 0 Å². The molecule has 2 aliphatic rings. The number of halogens is 2. The minimum Gasteiger partial charge on any atom is -0.368 e. The third-order valence-electron chi connectivity index (χ3n) is 7.25. The highest BCUT2D eigenvalue weighted by atomic mass is 19.1. The standard InChI is InChI=1S/C29H32F2N6O2/c1-21-2-7-24(32-28(38)36-16-12-34(13-17-36)25-8-3-22(30)4-9-25)20-27(21)33-29(39)37-18-14-35(15-19-37)26-10-5-23(31)6-11-26/h2-11,20H,12-19H2,1H3,(H,32,38)(H,33,39). The lowest BCUT2D eigenvalue weighted by atomic mass is 10.1. The van der Waals surface area contributed by atoms with Crippen molar-refractivity contribution in [3.63, 3.8) is 0 Å². The molecule has 0 saturated carbocycles. The SMILES string of the molecule is Cc1ccc(NC(=O)N2CCN(c3ccc(F)cc3)CC2)cc1NC(=O)N1CCN(c2ccc(F)cc2)CC1. The van der Waals surface area contributed by atoms with Crippen LogP contribution >= 0.6 is 0 Å². The topological polar surface area (TPSA) is 71.2 Å². The van der Waals surface area contributed by atoms with Crippen LogP contribution in [0.5, 0.6) is 0 Å². The summed E-state index contributed by atoms with van der Waals surface area (Å²) in [5, 5.41) is 5.93. The normalized spacial score (nSPS) is 15.8. The quantitative estimate of drug-likeness (QED) is 0.495. The Hall–Kier alpha value is -4.34. The van der Waals surface area contributed by atoms with Gasteiger partial charge in [0.2, 0.25) is 0 Å². The molecule has 3 aromatic carbocycles. The van der Waals surface area contributed by atoms with E-state index in [1.165, 1.54) is 24.3 Å². The van der Waals surface area contributed by atoms with Gasteiger partial charge in [0, 0.05) is 75.1 Å².